The Kier molecular flexibility index (Phi) is 14.5. The summed E-state index contributed by atoms with van der Waals surface area (Å²) in [7, 11) is 0. The van der Waals surface area contributed by atoms with Crippen LogP contribution in [0.3, 0.4) is 0 Å². The number of benzene rings is 6. The molecule has 0 radical (unpaired) electrons. The van der Waals surface area contributed by atoms with Crippen LogP contribution in [0.2, 0.25) is 0 Å². The predicted octanol–water partition coefficient (Wildman–Crippen LogP) is 13.7. The van der Waals surface area contributed by atoms with E-state index in [1.165, 1.54) is 39.9 Å². The third kappa shape index (κ3) is 15.2. The van der Waals surface area contributed by atoms with Gasteiger partial charge in [0.25, 0.3) is 0 Å². The third-order valence-corrected chi connectivity index (χ3v) is 7.73. The van der Waals surface area contributed by atoms with Gasteiger partial charge in [-0.1, -0.05) is 64.5 Å². The normalized spacial score (nSPS) is 10.9. The second kappa shape index (κ2) is 19.0. The van der Waals surface area contributed by atoms with E-state index >= 15 is 0 Å². The lowest BCUT2D eigenvalue weighted by molar-refractivity contribution is -0.275. The van der Waals surface area contributed by atoms with Crippen molar-refractivity contribution in [2.24, 2.45) is 0 Å². The molecule has 6 rings (SSSR count). The van der Waals surface area contributed by atoms with E-state index < -0.39 is 12.7 Å². The summed E-state index contributed by atoms with van der Waals surface area (Å²) < 4.78 is 82.9. The van der Waals surface area contributed by atoms with Crippen LogP contribution >= 0.6 is 15.9 Å². The van der Waals surface area contributed by atoms with Crippen LogP contribution in [0.1, 0.15) is 22.3 Å². The Morgan fingerprint density at radius 1 is 0.455 bits per heavy atom. The number of nitrogens with two attached hydrogens (primary N) is 1. The van der Waals surface area contributed by atoms with E-state index in [0.717, 1.165) is 34.3 Å². The minimum atomic E-state index is -4.74. The molecule has 55 heavy (non-hydrogen) atoms. The number of halogens is 7. The highest BCUT2D eigenvalue weighted by Crippen LogP contribution is 2.35. The van der Waals surface area contributed by atoms with E-state index in [4.69, 9.17) is 5.73 Å². The Hall–Kier alpha value is -5.82. The maximum atomic E-state index is 12.6. The lowest BCUT2D eigenvalue weighted by Crippen LogP contribution is -2.17. The number of hydrogen-bond acceptors (Lipinski definition) is 6. The monoisotopic (exact) mass is 824 g/mol. The van der Waals surface area contributed by atoms with Gasteiger partial charge < -0.3 is 31.2 Å². The first kappa shape index (κ1) is 41.9. The van der Waals surface area contributed by atoms with Crippen molar-refractivity contribution in [1.29, 1.82) is 0 Å². The maximum Gasteiger partial charge on any atom is 0.573 e. The van der Waals surface area contributed by atoms with Gasteiger partial charge in [0.1, 0.15) is 11.5 Å². The van der Waals surface area contributed by atoms with Gasteiger partial charge in [0.15, 0.2) is 0 Å². The SMILES string of the molecule is Cc1cc(C)cc(Br)c1.Cc1cc(C)cc(Nc2cc(OC(F)(F)F)ccc2Nc2ccccc2)c1.Nc1cc(OC(F)(F)F)ccc1Nc1ccccc1. The number of anilines is 7. The Balaban J connectivity index is 0.000000207. The highest BCUT2D eigenvalue weighted by atomic mass is 79.9. The van der Waals surface area contributed by atoms with E-state index in [2.05, 4.69) is 73.4 Å². The van der Waals surface area contributed by atoms with Crippen molar-refractivity contribution in [3.63, 3.8) is 0 Å². The van der Waals surface area contributed by atoms with Crippen molar-refractivity contribution in [3.05, 3.63) is 160 Å². The molecule has 0 saturated carbocycles. The molecule has 6 nitrogen and oxygen atoms in total. The minimum absolute atomic E-state index is 0.172. The molecule has 288 valence electrons. The average Bonchev–Trinajstić information content (AvgIpc) is 3.06. The number of ether oxygens (including phenoxy) is 2. The molecule has 0 saturated heterocycles. The fourth-order valence-corrected chi connectivity index (χ4v) is 5.98. The molecule has 0 amide bonds. The number of nitrogen functional groups attached to an aromatic ring is 1. The van der Waals surface area contributed by atoms with Crippen LogP contribution in [0.4, 0.5) is 66.2 Å². The van der Waals surface area contributed by atoms with Crippen molar-refractivity contribution in [1.82, 2.24) is 0 Å². The van der Waals surface area contributed by atoms with Gasteiger partial charge in [-0.15, -0.1) is 26.3 Å². The van der Waals surface area contributed by atoms with Crippen molar-refractivity contribution in [2.45, 2.75) is 40.4 Å². The van der Waals surface area contributed by atoms with Gasteiger partial charge in [-0.25, -0.2) is 0 Å². The van der Waals surface area contributed by atoms with Gasteiger partial charge in [-0.05, 0) is 123 Å². The average molecular weight is 826 g/mol. The fourth-order valence-electron chi connectivity index (χ4n) is 5.26. The Labute approximate surface area is 324 Å². The van der Waals surface area contributed by atoms with Gasteiger partial charge in [-0.3, -0.25) is 0 Å². The van der Waals surface area contributed by atoms with E-state index in [0.29, 0.717) is 17.1 Å². The second-order valence-corrected chi connectivity index (χ2v) is 13.3. The number of nitrogens with one attached hydrogen (secondary N) is 3. The molecule has 0 aromatic heterocycles. The van der Waals surface area contributed by atoms with Crippen LogP contribution in [0.15, 0.2) is 138 Å². The number of alkyl halides is 6. The van der Waals surface area contributed by atoms with Crippen LogP contribution in [-0.4, -0.2) is 12.7 Å². The van der Waals surface area contributed by atoms with Crippen LogP contribution in [0.25, 0.3) is 0 Å². The first-order valence-electron chi connectivity index (χ1n) is 16.7. The molecule has 0 spiro atoms. The number of rotatable bonds is 8. The molecule has 6 aromatic rings. The molecule has 0 atom stereocenters. The zero-order chi connectivity index (χ0) is 40.2. The molecular weight excluding hydrogens is 786 g/mol. The van der Waals surface area contributed by atoms with Gasteiger partial charge in [-0.2, -0.15) is 0 Å². The molecule has 0 bridgehead atoms. The maximum absolute atomic E-state index is 12.6. The van der Waals surface area contributed by atoms with Crippen LogP contribution in [0.5, 0.6) is 11.5 Å². The van der Waals surface area contributed by atoms with Crippen LogP contribution in [0, 0.1) is 27.7 Å². The van der Waals surface area contributed by atoms with E-state index in [1.807, 2.05) is 92.7 Å². The third-order valence-electron chi connectivity index (χ3n) is 7.27. The summed E-state index contributed by atoms with van der Waals surface area (Å²) in [6, 6.07) is 38.7. The summed E-state index contributed by atoms with van der Waals surface area (Å²) in [6.07, 6.45) is -9.47. The molecule has 0 aliphatic heterocycles. The molecule has 0 heterocycles. The molecule has 0 aliphatic carbocycles. The standard InChI is InChI=1S/C21H19F3N2O.C13H11F3N2O.C8H9Br/c1-14-10-15(2)12-17(11-14)26-20-13-18(27-21(22,23)24)8-9-19(20)25-16-6-4-3-5-7-16;14-13(15,16)19-10-6-7-12(11(17)8-10)18-9-4-2-1-3-5-9;1-6-3-7(2)5-8(9)4-6/h3-13,25-26H,1-2H3;1-8,18H,17H2;3-5H,1-2H3. The van der Waals surface area contributed by atoms with Gasteiger partial charge in [0, 0.05) is 33.7 Å². The fraction of sp³-hybridized carbons (Fsp3) is 0.143. The summed E-state index contributed by atoms with van der Waals surface area (Å²) in [4.78, 5) is 0. The largest absolute Gasteiger partial charge is 0.573 e. The molecule has 13 heteroatoms. The lowest BCUT2D eigenvalue weighted by atomic mass is 10.1. The molecule has 0 unspecified atom stereocenters. The first-order valence-corrected chi connectivity index (χ1v) is 17.5. The summed E-state index contributed by atoms with van der Waals surface area (Å²) in [5.41, 5.74) is 14.6. The van der Waals surface area contributed by atoms with E-state index in [9.17, 15) is 26.3 Å². The first-order chi connectivity index (χ1) is 25.9. The summed E-state index contributed by atoms with van der Waals surface area (Å²) in [5, 5.41) is 9.40. The van der Waals surface area contributed by atoms with Gasteiger partial charge in [0.05, 0.1) is 22.7 Å². The zero-order valence-electron chi connectivity index (χ0n) is 30.2. The molecule has 0 aliphatic rings. The van der Waals surface area contributed by atoms with Crippen molar-refractivity contribution in [3.8, 4) is 11.5 Å². The number of hydrogen-bond donors (Lipinski definition) is 4. The Morgan fingerprint density at radius 3 is 1.29 bits per heavy atom. The zero-order valence-corrected chi connectivity index (χ0v) is 31.8. The second-order valence-electron chi connectivity index (χ2n) is 12.3. The van der Waals surface area contributed by atoms with E-state index in [1.54, 1.807) is 6.07 Å². The van der Waals surface area contributed by atoms with Crippen molar-refractivity contribution < 1.29 is 35.8 Å². The highest BCUT2D eigenvalue weighted by Gasteiger charge is 2.32. The van der Waals surface area contributed by atoms with Crippen molar-refractivity contribution >= 4 is 55.7 Å². The van der Waals surface area contributed by atoms with Crippen LogP contribution in [-0.2, 0) is 0 Å². The Bertz CT molecular complexity index is 2080. The summed E-state index contributed by atoms with van der Waals surface area (Å²) >= 11 is 3.41. The topological polar surface area (TPSA) is 80.6 Å². The molecule has 5 N–H and O–H groups in total. The lowest BCUT2D eigenvalue weighted by Gasteiger charge is -2.17. The number of aryl methyl sites for hydroxylation is 4. The molecule has 6 aromatic carbocycles. The molecular formula is C42H39BrF6N4O2. The smallest absolute Gasteiger partial charge is 0.406 e. The predicted molar refractivity (Wildman–Crippen MR) is 213 cm³/mol. The van der Waals surface area contributed by atoms with Gasteiger partial charge in [0.2, 0.25) is 0 Å². The number of para-hydroxylation sites is 2. The summed E-state index contributed by atoms with van der Waals surface area (Å²) in [6.45, 7) is 8.12. The highest BCUT2D eigenvalue weighted by molar-refractivity contribution is 9.10. The van der Waals surface area contributed by atoms with Gasteiger partial charge >= 0.3 is 12.7 Å². The Morgan fingerprint density at radius 2 is 0.855 bits per heavy atom. The quantitative estimate of drug-likeness (QED) is 0.0904. The summed E-state index contributed by atoms with van der Waals surface area (Å²) in [5.74, 6) is -0.628. The van der Waals surface area contributed by atoms with E-state index in [-0.39, 0.29) is 17.2 Å². The molecule has 0 fully saturated rings. The van der Waals surface area contributed by atoms with Crippen molar-refractivity contribution in [2.75, 3.05) is 21.7 Å². The minimum Gasteiger partial charge on any atom is -0.406 e. The van der Waals surface area contributed by atoms with Crippen LogP contribution < -0.4 is 31.2 Å².